The van der Waals surface area contributed by atoms with Gasteiger partial charge < -0.3 is 25.1 Å². The Morgan fingerprint density at radius 3 is 2.48 bits per heavy atom. The van der Waals surface area contributed by atoms with Crippen molar-refractivity contribution in [3.63, 3.8) is 0 Å². The van der Waals surface area contributed by atoms with Crippen molar-refractivity contribution in [2.24, 2.45) is 10.8 Å². The number of piperazine rings is 1. The van der Waals surface area contributed by atoms with Crippen molar-refractivity contribution >= 4 is 41.4 Å². The SMILES string of the molecule is C/C(Cl)=C(/C)N(CC=O)/N=C/CN.COc1cc(N2CCN(C)CC2)ccc1Cl. The second-order valence-corrected chi connectivity index (χ2v) is 7.48. The van der Waals surface area contributed by atoms with Crippen LogP contribution in [-0.2, 0) is 4.79 Å². The monoisotopic (exact) mass is 443 g/mol. The van der Waals surface area contributed by atoms with E-state index in [0.29, 0.717) is 16.6 Å². The number of methoxy groups -OCH3 is 1. The molecule has 0 aliphatic carbocycles. The second kappa shape index (κ2) is 13.4. The Balaban J connectivity index is 0.000000298. The molecule has 162 valence electrons. The number of aldehydes is 1. The quantitative estimate of drug-likeness (QED) is 0.396. The minimum absolute atomic E-state index is 0.187. The molecule has 1 aliphatic heterocycles. The molecular weight excluding hydrogens is 413 g/mol. The molecule has 0 amide bonds. The lowest BCUT2D eigenvalue weighted by atomic mass is 10.2. The van der Waals surface area contributed by atoms with Crippen molar-refractivity contribution in [3.8, 4) is 5.75 Å². The summed E-state index contributed by atoms with van der Waals surface area (Å²) >= 11 is 11.8. The largest absolute Gasteiger partial charge is 0.495 e. The van der Waals surface area contributed by atoms with Gasteiger partial charge >= 0.3 is 0 Å². The van der Waals surface area contributed by atoms with Gasteiger partial charge in [0.1, 0.15) is 12.0 Å². The molecule has 1 aromatic carbocycles. The minimum Gasteiger partial charge on any atom is -0.495 e. The first kappa shape index (κ1) is 25.2. The van der Waals surface area contributed by atoms with Crippen LogP contribution in [-0.4, -0.2) is 75.8 Å². The van der Waals surface area contributed by atoms with Crippen molar-refractivity contribution in [3.05, 3.63) is 34.0 Å². The summed E-state index contributed by atoms with van der Waals surface area (Å²) < 4.78 is 5.23. The number of nitrogens with two attached hydrogens (primary N) is 1. The highest BCUT2D eigenvalue weighted by Gasteiger charge is 2.15. The van der Waals surface area contributed by atoms with Crippen LogP contribution in [0.15, 0.2) is 34.0 Å². The van der Waals surface area contributed by atoms with Crippen LogP contribution in [0.1, 0.15) is 13.8 Å². The fourth-order valence-electron chi connectivity index (χ4n) is 2.57. The van der Waals surface area contributed by atoms with Crippen LogP contribution in [0.5, 0.6) is 5.75 Å². The number of carbonyl (C=O) groups is 1. The third-order valence-corrected chi connectivity index (χ3v) is 5.05. The number of hydrogen-bond acceptors (Lipinski definition) is 7. The number of hydrogen-bond donors (Lipinski definition) is 1. The highest BCUT2D eigenvalue weighted by atomic mass is 35.5. The van der Waals surface area contributed by atoms with E-state index in [1.807, 2.05) is 12.1 Å². The van der Waals surface area contributed by atoms with Gasteiger partial charge in [0, 0.05) is 61.4 Å². The number of hydrazone groups is 1. The molecule has 1 heterocycles. The maximum atomic E-state index is 10.3. The fraction of sp³-hybridized carbons (Fsp3) is 0.500. The Hall–Kier alpha value is -1.80. The molecule has 2 rings (SSSR count). The van der Waals surface area contributed by atoms with Crippen LogP contribution in [0, 0.1) is 0 Å². The van der Waals surface area contributed by atoms with Crippen molar-refractivity contribution < 1.29 is 9.53 Å². The van der Waals surface area contributed by atoms with Crippen LogP contribution >= 0.6 is 23.2 Å². The van der Waals surface area contributed by atoms with Crippen LogP contribution in [0.4, 0.5) is 5.69 Å². The van der Waals surface area contributed by atoms with Crippen molar-refractivity contribution in [1.29, 1.82) is 0 Å². The third kappa shape index (κ3) is 8.62. The summed E-state index contributed by atoms with van der Waals surface area (Å²) in [6.45, 7) is 8.38. The zero-order valence-electron chi connectivity index (χ0n) is 17.6. The highest BCUT2D eigenvalue weighted by Crippen LogP contribution is 2.29. The number of allylic oxidation sites excluding steroid dienone is 2. The van der Waals surface area contributed by atoms with Crippen molar-refractivity contribution in [1.82, 2.24) is 9.91 Å². The molecule has 1 fully saturated rings. The van der Waals surface area contributed by atoms with Gasteiger partial charge in [0.15, 0.2) is 0 Å². The molecule has 0 unspecified atom stereocenters. The predicted molar refractivity (Wildman–Crippen MR) is 122 cm³/mol. The molecule has 0 saturated carbocycles. The van der Waals surface area contributed by atoms with Crippen LogP contribution in [0.3, 0.4) is 0 Å². The van der Waals surface area contributed by atoms with E-state index in [1.54, 1.807) is 21.0 Å². The summed E-state index contributed by atoms with van der Waals surface area (Å²) in [4.78, 5) is 15.0. The maximum absolute atomic E-state index is 10.3. The normalized spacial score (nSPS) is 15.5. The number of anilines is 1. The average Bonchev–Trinajstić information content (AvgIpc) is 2.72. The summed E-state index contributed by atoms with van der Waals surface area (Å²) in [5.74, 6) is 0.748. The van der Waals surface area contributed by atoms with Crippen LogP contribution in [0.2, 0.25) is 5.02 Å². The molecule has 0 radical (unpaired) electrons. The number of halogens is 2. The summed E-state index contributed by atoms with van der Waals surface area (Å²) in [6.07, 6.45) is 2.28. The first-order valence-corrected chi connectivity index (χ1v) is 10.1. The van der Waals surface area contributed by atoms with Crippen LogP contribution < -0.4 is 15.4 Å². The number of carbonyl (C=O) groups excluding carboxylic acids is 1. The smallest absolute Gasteiger partial charge is 0.141 e. The van der Waals surface area contributed by atoms with E-state index in [0.717, 1.165) is 43.9 Å². The molecule has 0 atom stereocenters. The Morgan fingerprint density at radius 2 is 1.97 bits per heavy atom. The molecule has 29 heavy (non-hydrogen) atoms. The molecule has 7 nitrogen and oxygen atoms in total. The van der Waals surface area contributed by atoms with Gasteiger partial charge in [-0.05, 0) is 33.0 Å². The van der Waals surface area contributed by atoms with E-state index in [4.69, 9.17) is 33.7 Å². The van der Waals surface area contributed by atoms with Gasteiger partial charge in [-0.25, -0.2) is 0 Å². The summed E-state index contributed by atoms with van der Waals surface area (Å²) in [5, 5.41) is 6.74. The summed E-state index contributed by atoms with van der Waals surface area (Å²) in [7, 11) is 3.80. The Kier molecular flexibility index (Phi) is 11.7. The van der Waals surface area contributed by atoms with Gasteiger partial charge in [-0.3, -0.25) is 5.01 Å². The zero-order valence-corrected chi connectivity index (χ0v) is 19.1. The van der Waals surface area contributed by atoms with Gasteiger partial charge in [-0.1, -0.05) is 23.2 Å². The van der Waals surface area contributed by atoms with E-state index < -0.39 is 0 Å². The lowest BCUT2D eigenvalue weighted by molar-refractivity contribution is -0.108. The van der Waals surface area contributed by atoms with Crippen molar-refractivity contribution in [2.75, 3.05) is 58.3 Å². The maximum Gasteiger partial charge on any atom is 0.141 e. The standard InChI is InChI=1S/C12H17ClN2O.C8H14ClN3O/c1-14-5-7-15(8-6-14)10-3-4-11(13)12(9-10)16-2;1-7(9)8(2)12(5-6-13)11-4-3-10/h3-4,9H,5-8H2,1-2H3;4,6H,3,5,10H2,1-2H3/b;8-7+,11-4+. The van der Waals surface area contributed by atoms with Gasteiger partial charge in [-0.15, -0.1) is 0 Å². The Bertz CT molecular complexity index is 700. The second-order valence-electron chi connectivity index (χ2n) is 6.51. The number of nitrogens with zero attached hydrogens (tertiary/aromatic N) is 4. The number of benzene rings is 1. The highest BCUT2D eigenvalue weighted by molar-refractivity contribution is 6.32. The Morgan fingerprint density at radius 1 is 1.31 bits per heavy atom. The summed E-state index contributed by atoms with van der Waals surface area (Å²) in [5.41, 5.74) is 7.17. The molecule has 0 spiro atoms. The third-order valence-electron chi connectivity index (χ3n) is 4.46. The van der Waals surface area contributed by atoms with E-state index in [-0.39, 0.29) is 6.54 Å². The minimum atomic E-state index is 0.187. The first-order valence-electron chi connectivity index (χ1n) is 9.37. The Labute approximate surface area is 183 Å². The lowest BCUT2D eigenvalue weighted by Crippen LogP contribution is -2.44. The van der Waals surface area contributed by atoms with Crippen molar-refractivity contribution in [2.45, 2.75) is 13.8 Å². The first-order chi connectivity index (χ1) is 13.8. The number of ether oxygens (including phenoxy) is 1. The van der Waals surface area contributed by atoms with Crippen LogP contribution in [0.25, 0.3) is 0 Å². The van der Waals surface area contributed by atoms with E-state index in [2.05, 4.69) is 28.0 Å². The molecule has 1 aliphatic rings. The summed E-state index contributed by atoms with van der Waals surface area (Å²) in [6, 6.07) is 5.96. The number of likely N-dealkylation sites (N-methyl/N-ethyl adjacent to an activating group) is 1. The molecular formula is C20H31Cl2N5O2. The average molecular weight is 444 g/mol. The lowest BCUT2D eigenvalue weighted by Gasteiger charge is -2.34. The van der Waals surface area contributed by atoms with Gasteiger partial charge in [0.05, 0.1) is 18.7 Å². The molecule has 2 N–H and O–H groups in total. The molecule has 0 aromatic heterocycles. The number of rotatable bonds is 7. The molecule has 0 bridgehead atoms. The van der Waals surface area contributed by atoms with Gasteiger partial charge in [0.2, 0.25) is 0 Å². The fourth-order valence-corrected chi connectivity index (χ4v) is 2.87. The topological polar surface area (TPSA) is 74.4 Å². The van der Waals surface area contributed by atoms with Gasteiger partial charge in [-0.2, -0.15) is 5.10 Å². The predicted octanol–water partition coefficient (Wildman–Crippen LogP) is 3.02. The molecule has 9 heteroatoms. The molecule has 1 saturated heterocycles. The zero-order chi connectivity index (χ0) is 21.8. The van der Waals surface area contributed by atoms with E-state index in [1.165, 1.54) is 16.9 Å². The molecule has 1 aromatic rings. The van der Waals surface area contributed by atoms with E-state index >= 15 is 0 Å². The van der Waals surface area contributed by atoms with Gasteiger partial charge in [0.25, 0.3) is 0 Å². The van der Waals surface area contributed by atoms with E-state index in [9.17, 15) is 4.79 Å².